The van der Waals surface area contributed by atoms with Crippen LogP contribution in [0.25, 0.3) is 0 Å². The van der Waals surface area contributed by atoms with Crippen LogP contribution in [0.5, 0.6) is 0 Å². The normalized spacial score (nSPS) is 15.9. The Morgan fingerprint density at radius 2 is 1.74 bits per heavy atom. The third-order valence-corrected chi connectivity index (χ3v) is 3.64. The maximum Gasteiger partial charge on any atom is 0.321 e. The second-order valence-corrected chi connectivity index (χ2v) is 5.28. The summed E-state index contributed by atoms with van der Waals surface area (Å²) in [6.07, 6.45) is 7.00. The van der Waals surface area contributed by atoms with Crippen molar-refractivity contribution in [2.24, 2.45) is 0 Å². The van der Waals surface area contributed by atoms with Crippen LogP contribution < -0.4 is 5.32 Å². The van der Waals surface area contributed by atoms with Gasteiger partial charge in [-0.15, -0.1) is 0 Å². The quantitative estimate of drug-likeness (QED) is 0.873. The van der Waals surface area contributed by atoms with E-state index in [2.05, 4.69) is 24.4 Å². The lowest BCUT2D eigenvalue weighted by molar-refractivity contribution is 0.214. The fourth-order valence-corrected chi connectivity index (χ4v) is 2.52. The van der Waals surface area contributed by atoms with Gasteiger partial charge in [0.25, 0.3) is 0 Å². The van der Waals surface area contributed by atoms with E-state index < -0.39 is 0 Å². The number of hydrogen-bond acceptors (Lipinski definition) is 1. The zero-order chi connectivity index (χ0) is 13.5. The third kappa shape index (κ3) is 4.27. The average Bonchev–Trinajstić information content (AvgIpc) is 2.70. The zero-order valence-corrected chi connectivity index (χ0v) is 11.8. The first kappa shape index (κ1) is 13.9. The van der Waals surface area contributed by atoms with E-state index in [4.69, 9.17) is 0 Å². The molecule has 0 unspecified atom stereocenters. The SMILES string of the molecule is CCCc1ccc(NC(=O)N2CCCCCC2)cc1. The highest BCUT2D eigenvalue weighted by Crippen LogP contribution is 2.14. The molecule has 0 aromatic heterocycles. The highest BCUT2D eigenvalue weighted by molar-refractivity contribution is 5.89. The predicted molar refractivity (Wildman–Crippen MR) is 79.5 cm³/mol. The first-order valence-electron chi connectivity index (χ1n) is 7.44. The first-order valence-corrected chi connectivity index (χ1v) is 7.44. The van der Waals surface area contributed by atoms with Gasteiger partial charge in [0, 0.05) is 18.8 Å². The average molecular weight is 260 g/mol. The molecule has 1 heterocycles. The van der Waals surface area contributed by atoms with Gasteiger partial charge in [-0.2, -0.15) is 0 Å². The van der Waals surface area contributed by atoms with Gasteiger partial charge < -0.3 is 10.2 Å². The van der Waals surface area contributed by atoms with Crippen molar-refractivity contribution in [3.63, 3.8) is 0 Å². The van der Waals surface area contributed by atoms with Crippen LogP contribution in [0.1, 0.15) is 44.6 Å². The monoisotopic (exact) mass is 260 g/mol. The maximum absolute atomic E-state index is 12.1. The summed E-state index contributed by atoms with van der Waals surface area (Å²) in [5.41, 5.74) is 2.23. The Bertz CT molecular complexity index is 392. The van der Waals surface area contributed by atoms with Crippen molar-refractivity contribution in [3.05, 3.63) is 29.8 Å². The number of amides is 2. The molecule has 3 nitrogen and oxygen atoms in total. The molecule has 3 heteroatoms. The second kappa shape index (κ2) is 7.17. The number of aryl methyl sites for hydroxylation is 1. The molecule has 0 saturated carbocycles. The third-order valence-electron chi connectivity index (χ3n) is 3.64. The van der Waals surface area contributed by atoms with E-state index in [0.717, 1.165) is 44.5 Å². The number of likely N-dealkylation sites (tertiary alicyclic amines) is 1. The summed E-state index contributed by atoms with van der Waals surface area (Å²) < 4.78 is 0. The van der Waals surface area contributed by atoms with E-state index in [9.17, 15) is 4.79 Å². The topological polar surface area (TPSA) is 32.3 Å². The van der Waals surface area contributed by atoms with Crippen LogP contribution in [-0.2, 0) is 6.42 Å². The number of hydrogen-bond donors (Lipinski definition) is 1. The molecule has 19 heavy (non-hydrogen) atoms. The number of carbonyl (C=O) groups is 1. The minimum absolute atomic E-state index is 0.0464. The van der Waals surface area contributed by atoms with Crippen molar-refractivity contribution < 1.29 is 4.79 Å². The minimum atomic E-state index is 0.0464. The lowest BCUT2D eigenvalue weighted by Gasteiger charge is -2.20. The molecule has 104 valence electrons. The molecule has 0 bridgehead atoms. The van der Waals surface area contributed by atoms with Gasteiger partial charge in [0.15, 0.2) is 0 Å². The molecule has 2 rings (SSSR count). The van der Waals surface area contributed by atoms with Gasteiger partial charge in [-0.1, -0.05) is 38.3 Å². The molecule has 1 aliphatic heterocycles. The van der Waals surface area contributed by atoms with Crippen molar-refractivity contribution in [2.75, 3.05) is 18.4 Å². The summed E-state index contributed by atoms with van der Waals surface area (Å²) >= 11 is 0. The number of benzene rings is 1. The molecule has 1 saturated heterocycles. The van der Waals surface area contributed by atoms with E-state index in [0.29, 0.717) is 0 Å². The van der Waals surface area contributed by atoms with Crippen molar-refractivity contribution in [2.45, 2.75) is 45.4 Å². The zero-order valence-electron chi connectivity index (χ0n) is 11.8. The van der Waals surface area contributed by atoms with Gasteiger partial charge >= 0.3 is 6.03 Å². The van der Waals surface area contributed by atoms with Crippen LogP contribution in [-0.4, -0.2) is 24.0 Å². The van der Waals surface area contributed by atoms with Crippen LogP contribution >= 0.6 is 0 Å². The summed E-state index contributed by atoms with van der Waals surface area (Å²) in [5.74, 6) is 0. The van der Waals surface area contributed by atoms with Gasteiger partial charge in [0.1, 0.15) is 0 Å². The van der Waals surface area contributed by atoms with Gasteiger partial charge in [-0.05, 0) is 37.0 Å². The molecule has 1 aromatic rings. The molecule has 2 amide bonds. The smallest absolute Gasteiger partial charge is 0.321 e. The van der Waals surface area contributed by atoms with Crippen LogP contribution in [0.2, 0.25) is 0 Å². The standard InChI is InChI=1S/C16H24N2O/c1-2-7-14-8-10-15(11-9-14)17-16(19)18-12-5-3-4-6-13-18/h8-11H,2-7,12-13H2,1H3,(H,17,19). The van der Waals surface area contributed by atoms with Gasteiger partial charge in [-0.25, -0.2) is 4.79 Å². The highest BCUT2D eigenvalue weighted by Gasteiger charge is 2.15. The Kier molecular flexibility index (Phi) is 5.25. The number of rotatable bonds is 3. The van der Waals surface area contributed by atoms with Gasteiger partial charge in [0.05, 0.1) is 0 Å². The maximum atomic E-state index is 12.1. The van der Waals surface area contributed by atoms with Crippen LogP contribution in [0.3, 0.4) is 0 Å². The van der Waals surface area contributed by atoms with Crippen molar-refractivity contribution >= 4 is 11.7 Å². The number of urea groups is 1. The lowest BCUT2D eigenvalue weighted by Crippen LogP contribution is -2.35. The Hall–Kier alpha value is -1.51. The summed E-state index contributed by atoms with van der Waals surface area (Å²) in [6.45, 7) is 3.95. The summed E-state index contributed by atoms with van der Waals surface area (Å²) in [4.78, 5) is 14.1. The molecular formula is C16H24N2O. The molecule has 1 fully saturated rings. The summed E-state index contributed by atoms with van der Waals surface area (Å²) in [6, 6.07) is 8.25. The highest BCUT2D eigenvalue weighted by atomic mass is 16.2. The summed E-state index contributed by atoms with van der Waals surface area (Å²) in [7, 11) is 0. The van der Waals surface area contributed by atoms with Gasteiger partial charge in [-0.3, -0.25) is 0 Å². The number of nitrogens with one attached hydrogen (secondary N) is 1. The molecule has 0 atom stereocenters. The Morgan fingerprint density at radius 1 is 1.11 bits per heavy atom. The molecule has 1 aliphatic rings. The minimum Gasteiger partial charge on any atom is -0.325 e. The van der Waals surface area contributed by atoms with Crippen molar-refractivity contribution in [1.29, 1.82) is 0 Å². The number of carbonyl (C=O) groups excluding carboxylic acids is 1. The van der Waals surface area contributed by atoms with E-state index in [-0.39, 0.29) is 6.03 Å². The number of nitrogens with zero attached hydrogens (tertiary/aromatic N) is 1. The lowest BCUT2D eigenvalue weighted by atomic mass is 10.1. The Balaban J connectivity index is 1.90. The largest absolute Gasteiger partial charge is 0.325 e. The molecule has 1 aromatic carbocycles. The Labute approximate surface area is 116 Å². The van der Waals surface area contributed by atoms with Crippen LogP contribution in [0.15, 0.2) is 24.3 Å². The molecule has 1 N–H and O–H groups in total. The number of anilines is 1. The fraction of sp³-hybridized carbons (Fsp3) is 0.562. The molecular weight excluding hydrogens is 236 g/mol. The van der Waals surface area contributed by atoms with Crippen LogP contribution in [0.4, 0.5) is 10.5 Å². The Morgan fingerprint density at radius 3 is 2.32 bits per heavy atom. The first-order chi connectivity index (χ1) is 9.29. The van der Waals surface area contributed by atoms with E-state index in [1.807, 2.05) is 17.0 Å². The van der Waals surface area contributed by atoms with E-state index in [1.165, 1.54) is 18.4 Å². The molecule has 0 aliphatic carbocycles. The van der Waals surface area contributed by atoms with E-state index >= 15 is 0 Å². The van der Waals surface area contributed by atoms with Crippen molar-refractivity contribution in [1.82, 2.24) is 4.90 Å². The fourth-order valence-electron chi connectivity index (χ4n) is 2.52. The molecule has 0 spiro atoms. The predicted octanol–water partition coefficient (Wildman–Crippen LogP) is 4.05. The van der Waals surface area contributed by atoms with E-state index in [1.54, 1.807) is 0 Å². The summed E-state index contributed by atoms with van der Waals surface area (Å²) in [5, 5.41) is 3.00. The molecule has 0 radical (unpaired) electrons. The van der Waals surface area contributed by atoms with Crippen molar-refractivity contribution in [3.8, 4) is 0 Å². The second-order valence-electron chi connectivity index (χ2n) is 5.28. The van der Waals surface area contributed by atoms with Gasteiger partial charge in [0.2, 0.25) is 0 Å². The van der Waals surface area contributed by atoms with Crippen LogP contribution in [0, 0.1) is 0 Å².